The van der Waals surface area contributed by atoms with Gasteiger partial charge in [-0.25, -0.2) is 0 Å². The second kappa shape index (κ2) is 5.75. The van der Waals surface area contributed by atoms with Gasteiger partial charge < -0.3 is 10.1 Å². The van der Waals surface area contributed by atoms with Crippen LogP contribution in [0.3, 0.4) is 0 Å². The summed E-state index contributed by atoms with van der Waals surface area (Å²) in [4.78, 5) is 0. The highest BCUT2D eigenvalue weighted by atomic mass is 16.5. The highest BCUT2D eigenvalue weighted by Crippen LogP contribution is 2.37. The number of rotatable bonds is 5. The monoisotopic (exact) mass is 247 g/mol. The lowest BCUT2D eigenvalue weighted by Crippen LogP contribution is -2.38. The summed E-state index contributed by atoms with van der Waals surface area (Å²) in [5.74, 6) is 1.00. The van der Waals surface area contributed by atoms with Crippen LogP contribution in [0.2, 0.25) is 0 Å². The summed E-state index contributed by atoms with van der Waals surface area (Å²) >= 11 is 0. The van der Waals surface area contributed by atoms with Gasteiger partial charge in [0.1, 0.15) is 5.75 Å². The Morgan fingerprint density at radius 2 is 2.11 bits per heavy atom. The first-order chi connectivity index (χ1) is 8.63. The quantitative estimate of drug-likeness (QED) is 0.861. The molecule has 1 aliphatic carbocycles. The van der Waals surface area contributed by atoms with Gasteiger partial charge >= 0.3 is 0 Å². The number of hydrogen-bond acceptors (Lipinski definition) is 2. The zero-order chi connectivity index (χ0) is 13.0. The van der Waals surface area contributed by atoms with Crippen LogP contribution in [-0.4, -0.2) is 19.7 Å². The standard InChI is InChI=1S/C16H25NO/c1-16(2)11-6-9-15(16)17-12-10-13-7-4-5-8-14(13)18-3/h4-5,7-8,15,17H,6,9-12H2,1-3H3. The summed E-state index contributed by atoms with van der Waals surface area (Å²) in [6.45, 7) is 5.79. The molecular weight excluding hydrogens is 222 g/mol. The molecule has 18 heavy (non-hydrogen) atoms. The normalized spacial score (nSPS) is 22.1. The molecule has 1 N–H and O–H groups in total. The molecule has 0 aromatic heterocycles. The van der Waals surface area contributed by atoms with Gasteiger partial charge in [-0.2, -0.15) is 0 Å². The molecule has 2 rings (SSSR count). The fraction of sp³-hybridized carbons (Fsp3) is 0.625. The van der Waals surface area contributed by atoms with Crippen LogP contribution in [0.25, 0.3) is 0 Å². The molecule has 1 atom stereocenters. The van der Waals surface area contributed by atoms with Crippen LogP contribution in [0.4, 0.5) is 0 Å². The summed E-state index contributed by atoms with van der Waals surface area (Å²) in [5.41, 5.74) is 1.75. The lowest BCUT2D eigenvalue weighted by molar-refractivity contribution is 0.285. The molecule has 1 aromatic rings. The van der Waals surface area contributed by atoms with Crippen molar-refractivity contribution < 1.29 is 4.74 Å². The Morgan fingerprint density at radius 3 is 2.78 bits per heavy atom. The second-order valence-electron chi connectivity index (χ2n) is 5.95. The van der Waals surface area contributed by atoms with E-state index in [1.54, 1.807) is 7.11 Å². The first-order valence-electron chi connectivity index (χ1n) is 6.99. The van der Waals surface area contributed by atoms with E-state index < -0.39 is 0 Å². The Bertz CT molecular complexity index is 386. The van der Waals surface area contributed by atoms with Gasteiger partial charge in [-0.15, -0.1) is 0 Å². The van der Waals surface area contributed by atoms with Crippen molar-refractivity contribution in [3.8, 4) is 5.75 Å². The van der Waals surface area contributed by atoms with E-state index in [1.807, 2.05) is 12.1 Å². The molecule has 100 valence electrons. The molecule has 2 nitrogen and oxygen atoms in total. The van der Waals surface area contributed by atoms with E-state index >= 15 is 0 Å². The van der Waals surface area contributed by atoms with E-state index in [0.717, 1.165) is 18.7 Å². The number of methoxy groups -OCH3 is 1. The zero-order valence-corrected chi connectivity index (χ0v) is 11.8. The average molecular weight is 247 g/mol. The average Bonchev–Trinajstić information content (AvgIpc) is 2.69. The van der Waals surface area contributed by atoms with Gasteiger partial charge in [-0.3, -0.25) is 0 Å². The van der Waals surface area contributed by atoms with Gasteiger partial charge in [-0.1, -0.05) is 38.5 Å². The van der Waals surface area contributed by atoms with E-state index in [4.69, 9.17) is 4.74 Å². The Labute approximate surface area is 111 Å². The van der Waals surface area contributed by atoms with Crippen LogP contribution < -0.4 is 10.1 Å². The van der Waals surface area contributed by atoms with E-state index in [9.17, 15) is 0 Å². The lowest BCUT2D eigenvalue weighted by atomic mass is 9.87. The Balaban J connectivity index is 1.85. The van der Waals surface area contributed by atoms with Crippen LogP contribution in [0.1, 0.15) is 38.7 Å². The first-order valence-corrected chi connectivity index (χ1v) is 6.99. The van der Waals surface area contributed by atoms with Gasteiger partial charge in [0.25, 0.3) is 0 Å². The molecule has 2 heteroatoms. The van der Waals surface area contributed by atoms with Crippen molar-refractivity contribution in [2.75, 3.05) is 13.7 Å². The van der Waals surface area contributed by atoms with Crippen molar-refractivity contribution in [1.29, 1.82) is 0 Å². The van der Waals surface area contributed by atoms with Gasteiger partial charge in [0.15, 0.2) is 0 Å². The molecule has 0 bridgehead atoms. The molecule has 0 radical (unpaired) electrons. The van der Waals surface area contributed by atoms with E-state index in [-0.39, 0.29) is 0 Å². The summed E-state index contributed by atoms with van der Waals surface area (Å²) in [6, 6.07) is 8.97. The van der Waals surface area contributed by atoms with Crippen LogP contribution >= 0.6 is 0 Å². The van der Waals surface area contributed by atoms with E-state index in [2.05, 4.69) is 31.3 Å². The third kappa shape index (κ3) is 3.05. The summed E-state index contributed by atoms with van der Waals surface area (Å²) < 4.78 is 5.38. The molecule has 0 saturated heterocycles. The molecule has 0 aliphatic heterocycles. The minimum absolute atomic E-state index is 0.459. The predicted molar refractivity (Wildman–Crippen MR) is 76.1 cm³/mol. The summed E-state index contributed by atoms with van der Waals surface area (Å²) in [7, 11) is 1.74. The van der Waals surface area contributed by atoms with Gasteiger partial charge in [0, 0.05) is 6.04 Å². The molecule has 1 unspecified atom stereocenters. The SMILES string of the molecule is COc1ccccc1CCNC1CCCC1(C)C. The van der Waals surface area contributed by atoms with Crippen LogP contribution in [0.15, 0.2) is 24.3 Å². The zero-order valence-electron chi connectivity index (χ0n) is 11.8. The molecule has 0 spiro atoms. The van der Waals surface area contributed by atoms with E-state index in [1.165, 1.54) is 24.8 Å². The fourth-order valence-electron chi connectivity index (χ4n) is 3.00. The van der Waals surface area contributed by atoms with Crippen LogP contribution in [0.5, 0.6) is 5.75 Å². The number of hydrogen-bond donors (Lipinski definition) is 1. The number of benzene rings is 1. The third-order valence-corrected chi connectivity index (χ3v) is 4.23. The summed E-state index contributed by atoms with van der Waals surface area (Å²) in [6.07, 6.45) is 5.06. The molecule has 0 amide bonds. The van der Waals surface area contributed by atoms with Crippen LogP contribution in [0, 0.1) is 5.41 Å². The van der Waals surface area contributed by atoms with Gasteiger partial charge in [0.05, 0.1) is 7.11 Å². The van der Waals surface area contributed by atoms with Crippen molar-refractivity contribution in [3.63, 3.8) is 0 Å². The van der Waals surface area contributed by atoms with Gasteiger partial charge in [0.2, 0.25) is 0 Å². The second-order valence-corrected chi connectivity index (χ2v) is 5.95. The van der Waals surface area contributed by atoms with E-state index in [0.29, 0.717) is 11.5 Å². The molecule has 1 aromatic carbocycles. The first kappa shape index (κ1) is 13.4. The number of nitrogens with one attached hydrogen (secondary N) is 1. The Morgan fingerprint density at radius 1 is 1.33 bits per heavy atom. The van der Waals surface area contributed by atoms with Crippen molar-refractivity contribution >= 4 is 0 Å². The lowest BCUT2D eigenvalue weighted by Gasteiger charge is -2.28. The predicted octanol–water partition coefficient (Wildman–Crippen LogP) is 3.41. The molecule has 0 heterocycles. The maximum Gasteiger partial charge on any atom is 0.122 e. The topological polar surface area (TPSA) is 21.3 Å². The minimum Gasteiger partial charge on any atom is -0.496 e. The van der Waals surface area contributed by atoms with Crippen molar-refractivity contribution in [2.24, 2.45) is 5.41 Å². The third-order valence-electron chi connectivity index (χ3n) is 4.23. The molecule has 1 fully saturated rings. The largest absolute Gasteiger partial charge is 0.496 e. The highest BCUT2D eigenvalue weighted by Gasteiger charge is 2.33. The summed E-state index contributed by atoms with van der Waals surface area (Å²) in [5, 5.41) is 3.72. The minimum atomic E-state index is 0.459. The Hall–Kier alpha value is -1.02. The smallest absolute Gasteiger partial charge is 0.122 e. The van der Waals surface area contributed by atoms with Crippen molar-refractivity contribution in [3.05, 3.63) is 29.8 Å². The number of ether oxygens (including phenoxy) is 1. The number of para-hydroxylation sites is 1. The van der Waals surface area contributed by atoms with Crippen molar-refractivity contribution in [2.45, 2.75) is 45.6 Å². The highest BCUT2D eigenvalue weighted by molar-refractivity contribution is 5.33. The fourth-order valence-corrected chi connectivity index (χ4v) is 3.00. The maximum atomic E-state index is 5.38. The molecular formula is C16H25NO. The molecule has 1 saturated carbocycles. The maximum absolute atomic E-state index is 5.38. The van der Waals surface area contributed by atoms with Gasteiger partial charge in [-0.05, 0) is 42.9 Å². The van der Waals surface area contributed by atoms with Crippen molar-refractivity contribution in [1.82, 2.24) is 5.32 Å². The Kier molecular flexibility index (Phi) is 4.28. The van der Waals surface area contributed by atoms with Crippen LogP contribution in [-0.2, 0) is 6.42 Å². The molecule has 1 aliphatic rings.